The number of nitriles is 1. The standard InChI is InChI=1S/C30H34N4O4/c1-4-19-14-22-23(15-25(19)33-9-7-20(8-10-33)34(11-12-35)17-26(36)37)30(2,3)29-27(28(22)38)21-6-5-18(16-31)13-24(21)32-29/h5-6,13-15,20,32,35H,4,7-12,17H2,1-3H3,(H,36,37). The zero-order valence-electron chi connectivity index (χ0n) is 22.2. The van der Waals surface area contributed by atoms with Crippen LogP contribution in [0.1, 0.15) is 71.9 Å². The van der Waals surface area contributed by atoms with E-state index >= 15 is 0 Å². The molecule has 0 spiro atoms. The van der Waals surface area contributed by atoms with Gasteiger partial charge in [-0.2, -0.15) is 5.26 Å². The van der Waals surface area contributed by atoms with Crippen LogP contribution in [-0.2, 0) is 16.6 Å². The van der Waals surface area contributed by atoms with Gasteiger partial charge in [-0.05, 0) is 54.7 Å². The van der Waals surface area contributed by atoms with Gasteiger partial charge in [-0.3, -0.25) is 14.5 Å². The van der Waals surface area contributed by atoms with Crippen molar-refractivity contribution >= 4 is 28.3 Å². The summed E-state index contributed by atoms with van der Waals surface area (Å²) >= 11 is 0. The van der Waals surface area contributed by atoms with Crippen LogP contribution in [0.15, 0.2) is 30.3 Å². The molecule has 5 rings (SSSR count). The molecular formula is C30H34N4O4. The average Bonchev–Trinajstić information content (AvgIpc) is 3.31. The summed E-state index contributed by atoms with van der Waals surface area (Å²) in [6, 6.07) is 12.0. The molecule has 2 aromatic carbocycles. The van der Waals surface area contributed by atoms with Gasteiger partial charge in [-0.1, -0.05) is 26.8 Å². The number of hydrogen-bond donors (Lipinski definition) is 3. The Kier molecular flexibility index (Phi) is 6.76. The van der Waals surface area contributed by atoms with Crippen molar-refractivity contribution in [3.63, 3.8) is 0 Å². The van der Waals surface area contributed by atoms with Gasteiger partial charge < -0.3 is 20.1 Å². The van der Waals surface area contributed by atoms with Gasteiger partial charge in [-0.15, -0.1) is 0 Å². The Morgan fingerprint density at radius 2 is 1.97 bits per heavy atom. The van der Waals surface area contributed by atoms with Crippen molar-refractivity contribution in [2.24, 2.45) is 0 Å². The second-order valence-electron chi connectivity index (χ2n) is 10.9. The van der Waals surface area contributed by atoms with Crippen LogP contribution in [0.25, 0.3) is 10.9 Å². The van der Waals surface area contributed by atoms with Gasteiger partial charge in [0.2, 0.25) is 0 Å². The van der Waals surface area contributed by atoms with E-state index in [0.29, 0.717) is 17.7 Å². The molecule has 3 N–H and O–H groups in total. The number of ketones is 1. The van der Waals surface area contributed by atoms with Crippen molar-refractivity contribution in [2.75, 3.05) is 37.7 Å². The first-order valence-corrected chi connectivity index (χ1v) is 13.3. The summed E-state index contributed by atoms with van der Waals surface area (Å²) in [6.45, 7) is 8.16. The summed E-state index contributed by atoms with van der Waals surface area (Å²) in [7, 11) is 0. The fraction of sp³-hybridized carbons (Fsp3) is 0.433. The highest BCUT2D eigenvalue weighted by molar-refractivity contribution is 6.20. The van der Waals surface area contributed by atoms with Crippen LogP contribution in [0, 0.1) is 11.3 Å². The maximum absolute atomic E-state index is 13.9. The van der Waals surface area contributed by atoms with E-state index in [1.54, 1.807) is 12.1 Å². The predicted octanol–water partition coefficient (Wildman–Crippen LogP) is 3.82. The fourth-order valence-corrected chi connectivity index (χ4v) is 6.32. The predicted molar refractivity (Wildman–Crippen MR) is 146 cm³/mol. The number of carbonyl (C=O) groups is 2. The first-order valence-electron chi connectivity index (χ1n) is 13.3. The van der Waals surface area contributed by atoms with Crippen LogP contribution in [0.2, 0.25) is 0 Å². The molecule has 1 fully saturated rings. The highest BCUT2D eigenvalue weighted by atomic mass is 16.4. The minimum Gasteiger partial charge on any atom is -0.480 e. The number of fused-ring (bicyclic) bond motifs is 4. The van der Waals surface area contributed by atoms with Crippen molar-refractivity contribution < 1.29 is 19.8 Å². The molecule has 0 bridgehead atoms. The van der Waals surface area contributed by atoms with Crippen LogP contribution in [0.4, 0.5) is 5.69 Å². The number of carbonyl (C=O) groups excluding carboxylic acids is 1. The highest BCUT2D eigenvalue weighted by Gasteiger charge is 2.40. The molecule has 198 valence electrons. The molecule has 8 heteroatoms. The van der Waals surface area contributed by atoms with E-state index in [-0.39, 0.29) is 25.0 Å². The largest absolute Gasteiger partial charge is 0.480 e. The van der Waals surface area contributed by atoms with Crippen molar-refractivity contribution in [3.8, 4) is 6.07 Å². The lowest BCUT2D eigenvalue weighted by Crippen LogP contribution is -2.48. The Labute approximate surface area is 222 Å². The van der Waals surface area contributed by atoms with Gasteiger partial charge in [-0.25, -0.2) is 0 Å². The lowest BCUT2D eigenvalue weighted by atomic mass is 9.70. The summed E-state index contributed by atoms with van der Waals surface area (Å²) in [5.41, 5.74) is 6.46. The van der Waals surface area contributed by atoms with Gasteiger partial charge in [0.15, 0.2) is 5.78 Å². The van der Waals surface area contributed by atoms with E-state index in [2.05, 4.69) is 48.9 Å². The number of aromatic nitrogens is 1. The Bertz CT molecular complexity index is 1460. The zero-order chi connectivity index (χ0) is 27.2. The second kappa shape index (κ2) is 9.90. The number of aliphatic hydroxyl groups is 1. The second-order valence-corrected chi connectivity index (χ2v) is 10.9. The molecule has 1 aliphatic heterocycles. The first kappa shape index (κ1) is 26.0. The van der Waals surface area contributed by atoms with E-state index in [1.807, 2.05) is 11.0 Å². The van der Waals surface area contributed by atoms with Crippen LogP contribution in [0.3, 0.4) is 0 Å². The smallest absolute Gasteiger partial charge is 0.317 e. The molecule has 38 heavy (non-hydrogen) atoms. The van der Waals surface area contributed by atoms with Crippen LogP contribution >= 0.6 is 0 Å². The molecule has 8 nitrogen and oxygen atoms in total. The molecular weight excluding hydrogens is 480 g/mol. The number of carboxylic acids is 1. The maximum Gasteiger partial charge on any atom is 0.317 e. The number of rotatable bonds is 7. The molecule has 1 saturated heterocycles. The molecule has 0 amide bonds. The van der Waals surface area contributed by atoms with Crippen LogP contribution in [-0.4, -0.2) is 70.7 Å². The molecule has 0 unspecified atom stereocenters. The van der Waals surface area contributed by atoms with Gasteiger partial charge in [0.1, 0.15) is 0 Å². The SMILES string of the molecule is CCc1cc2c(cc1N1CCC(N(CCO)CC(=O)O)CC1)C(C)(C)c1[nH]c3cc(C#N)ccc3c1C2=O. The van der Waals surface area contributed by atoms with E-state index in [0.717, 1.165) is 71.3 Å². The number of aliphatic hydroxyl groups excluding tert-OH is 1. The number of hydrogen-bond acceptors (Lipinski definition) is 6. The van der Waals surface area contributed by atoms with Gasteiger partial charge in [0.05, 0.1) is 30.3 Å². The Hall–Kier alpha value is -3.67. The minimum absolute atomic E-state index is 0.0126. The molecule has 1 aliphatic carbocycles. The third kappa shape index (κ3) is 4.26. The van der Waals surface area contributed by atoms with Gasteiger partial charge in [0.25, 0.3) is 0 Å². The number of nitrogens with one attached hydrogen (secondary N) is 1. The third-order valence-corrected chi connectivity index (χ3v) is 8.34. The summed E-state index contributed by atoms with van der Waals surface area (Å²) in [6.07, 6.45) is 2.41. The zero-order valence-corrected chi connectivity index (χ0v) is 22.2. The summed E-state index contributed by atoms with van der Waals surface area (Å²) in [4.78, 5) is 32.9. The number of carboxylic acid groups (broad SMARTS) is 1. The topological polar surface area (TPSA) is 121 Å². The number of piperidine rings is 1. The van der Waals surface area contributed by atoms with E-state index in [1.165, 1.54) is 0 Å². The average molecular weight is 515 g/mol. The molecule has 0 radical (unpaired) electrons. The number of nitrogens with zero attached hydrogens (tertiary/aromatic N) is 3. The molecule has 0 atom stereocenters. The summed E-state index contributed by atoms with van der Waals surface area (Å²) in [5.74, 6) is -0.866. The first-order chi connectivity index (χ1) is 18.2. The van der Waals surface area contributed by atoms with E-state index in [4.69, 9.17) is 0 Å². The third-order valence-electron chi connectivity index (χ3n) is 8.34. The van der Waals surface area contributed by atoms with Crippen molar-refractivity contribution in [1.82, 2.24) is 9.88 Å². The van der Waals surface area contributed by atoms with Crippen LogP contribution < -0.4 is 4.90 Å². The fourth-order valence-electron chi connectivity index (χ4n) is 6.32. The summed E-state index contributed by atoms with van der Waals surface area (Å²) in [5, 5.41) is 28.9. The molecule has 1 aromatic heterocycles. The number of aromatic amines is 1. The van der Waals surface area contributed by atoms with Crippen molar-refractivity contribution in [2.45, 2.75) is 51.5 Å². The maximum atomic E-state index is 13.9. The molecule has 2 heterocycles. The summed E-state index contributed by atoms with van der Waals surface area (Å²) < 4.78 is 0. The normalized spacial score (nSPS) is 16.9. The number of benzene rings is 2. The quantitative estimate of drug-likeness (QED) is 0.438. The Morgan fingerprint density at radius 1 is 1.24 bits per heavy atom. The van der Waals surface area contributed by atoms with E-state index in [9.17, 15) is 25.1 Å². The van der Waals surface area contributed by atoms with E-state index < -0.39 is 11.4 Å². The monoisotopic (exact) mass is 514 g/mol. The minimum atomic E-state index is -0.879. The Balaban J connectivity index is 1.50. The van der Waals surface area contributed by atoms with Crippen molar-refractivity contribution in [3.05, 3.63) is 63.8 Å². The van der Waals surface area contributed by atoms with Crippen molar-refractivity contribution in [1.29, 1.82) is 5.26 Å². The van der Waals surface area contributed by atoms with Gasteiger partial charge >= 0.3 is 5.97 Å². The highest BCUT2D eigenvalue weighted by Crippen LogP contribution is 2.46. The number of aryl methyl sites for hydroxylation is 1. The van der Waals surface area contributed by atoms with Gasteiger partial charge in [0, 0.05) is 58.9 Å². The number of anilines is 1. The molecule has 3 aromatic rings. The Morgan fingerprint density at radius 3 is 2.61 bits per heavy atom. The van der Waals surface area contributed by atoms with Crippen LogP contribution in [0.5, 0.6) is 0 Å². The lowest BCUT2D eigenvalue weighted by molar-refractivity contribution is -0.139. The molecule has 0 saturated carbocycles. The number of H-pyrrole nitrogens is 1. The molecule has 2 aliphatic rings. The lowest BCUT2D eigenvalue weighted by Gasteiger charge is -2.40. The number of aliphatic carboxylic acids is 1.